The molecule has 1 heterocycles. The maximum Gasteiger partial charge on any atom is 0.335 e. The van der Waals surface area contributed by atoms with Crippen molar-refractivity contribution >= 4 is 16.9 Å². The van der Waals surface area contributed by atoms with Crippen molar-refractivity contribution in [3.63, 3.8) is 0 Å². The average molecular weight is 221 g/mol. The van der Waals surface area contributed by atoms with E-state index >= 15 is 0 Å². The second-order valence-corrected chi connectivity index (χ2v) is 3.93. The SMILES string of the molecule is Cc1c(C)n(C)c2c(F)cc(C(=O)O)cc12. The minimum Gasteiger partial charge on any atom is -0.478 e. The van der Waals surface area contributed by atoms with Crippen molar-refractivity contribution in [3.05, 3.63) is 34.8 Å². The average Bonchev–Trinajstić information content (AvgIpc) is 2.44. The van der Waals surface area contributed by atoms with Gasteiger partial charge in [-0.05, 0) is 31.5 Å². The third-order valence-corrected chi connectivity index (χ3v) is 3.10. The number of benzene rings is 1. The number of fused-ring (bicyclic) bond motifs is 1. The van der Waals surface area contributed by atoms with Crippen LogP contribution in [0.5, 0.6) is 0 Å². The quantitative estimate of drug-likeness (QED) is 0.804. The fourth-order valence-electron chi connectivity index (χ4n) is 1.96. The molecule has 0 atom stereocenters. The van der Waals surface area contributed by atoms with Gasteiger partial charge in [0, 0.05) is 18.1 Å². The van der Waals surface area contributed by atoms with Gasteiger partial charge < -0.3 is 9.67 Å². The van der Waals surface area contributed by atoms with Crippen molar-refractivity contribution < 1.29 is 14.3 Å². The summed E-state index contributed by atoms with van der Waals surface area (Å²) in [6.45, 7) is 3.75. The highest BCUT2D eigenvalue weighted by Crippen LogP contribution is 2.27. The largest absolute Gasteiger partial charge is 0.478 e. The van der Waals surface area contributed by atoms with Crippen molar-refractivity contribution in [3.8, 4) is 0 Å². The summed E-state index contributed by atoms with van der Waals surface area (Å²) in [5.74, 6) is -1.60. The third-order valence-electron chi connectivity index (χ3n) is 3.10. The van der Waals surface area contributed by atoms with E-state index in [0.717, 1.165) is 17.3 Å². The van der Waals surface area contributed by atoms with Crippen LogP contribution in [-0.4, -0.2) is 15.6 Å². The minimum absolute atomic E-state index is 0.0151. The van der Waals surface area contributed by atoms with Crippen LogP contribution in [0.1, 0.15) is 21.6 Å². The molecule has 0 unspecified atom stereocenters. The Morgan fingerprint density at radius 1 is 1.38 bits per heavy atom. The molecular formula is C12H12FNO2. The van der Waals surface area contributed by atoms with Gasteiger partial charge in [0.05, 0.1) is 11.1 Å². The predicted molar refractivity (Wildman–Crippen MR) is 59.3 cm³/mol. The molecule has 16 heavy (non-hydrogen) atoms. The molecule has 2 aromatic rings. The van der Waals surface area contributed by atoms with Crippen LogP contribution in [0.25, 0.3) is 10.9 Å². The highest BCUT2D eigenvalue weighted by molar-refractivity contribution is 5.95. The molecule has 1 N–H and O–H groups in total. The Balaban J connectivity index is 2.93. The fourth-order valence-corrected chi connectivity index (χ4v) is 1.96. The summed E-state index contributed by atoms with van der Waals surface area (Å²) < 4.78 is 15.5. The molecule has 0 aliphatic carbocycles. The van der Waals surface area contributed by atoms with Crippen LogP contribution in [0, 0.1) is 19.7 Å². The summed E-state index contributed by atoms with van der Waals surface area (Å²) in [6, 6.07) is 2.58. The first-order valence-electron chi connectivity index (χ1n) is 4.92. The monoisotopic (exact) mass is 221 g/mol. The normalized spacial score (nSPS) is 11.0. The van der Waals surface area contributed by atoms with Crippen molar-refractivity contribution in [2.45, 2.75) is 13.8 Å². The Morgan fingerprint density at radius 2 is 2.00 bits per heavy atom. The Hall–Kier alpha value is -1.84. The molecule has 1 aromatic heterocycles. The number of carboxylic acid groups (broad SMARTS) is 1. The van der Waals surface area contributed by atoms with Gasteiger partial charge in [-0.15, -0.1) is 0 Å². The van der Waals surface area contributed by atoms with E-state index in [-0.39, 0.29) is 5.56 Å². The number of hydrogen-bond acceptors (Lipinski definition) is 1. The zero-order valence-electron chi connectivity index (χ0n) is 9.34. The molecule has 4 heteroatoms. The first-order valence-corrected chi connectivity index (χ1v) is 4.92. The van der Waals surface area contributed by atoms with Gasteiger partial charge in [-0.25, -0.2) is 9.18 Å². The Kier molecular flexibility index (Phi) is 2.22. The van der Waals surface area contributed by atoms with E-state index in [9.17, 15) is 9.18 Å². The highest BCUT2D eigenvalue weighted by atomic mass is 19.1. The Morgan fingerprint density at radius 3 is 2.56 bits per heavy atom. The Bertz CT molecular complexity index is 599. The minimum atomic E-state index is -1.11. The van der Waals surface area contributed by atoms with Gasteiger partial charge in [-0.1, -0.05) is 0 Å². The van der Waals surface area contributed by atoms with E-state index in [0.29, 0.717) is 10.9 Å². The van der Waals surface area contributed by atoms with Crippen LogP contribution in [-0.2, 0) is 7.05 Å². The van der Waals surface area contributed by atoms with Gasteiger partial charge in [0.25, 0.3) is 0 Å². The van der Waals surface area contributed by atoms with Crippen LogP contribution >= 0.6 is 0 Å². The highest BCUT2D eigenvalue weighted by Gasteiger charge is 2.15. The van der Waals surface area contributed by atoms with Crippen LogP contribution in [0.2, 0.25) is 0 Å². The summed E-state index contributed by atoms with van der Waals surface area (Å²) in [4.78, 5) is 10.8. The molecule has 1 aromatic carbocycles. The van der Waals surface area contributed by atoms with Gasteiger partial charge in [-0.2, -0.15) is 0 Å². The van der Waals surface area contributed by atoms with Crippen LogP contribution in [0.3, 0.4) is 0 Å². The maximum absolute atomic E-state index is 13.8. The molecule has 0 saturated carbocycles. The molecule has 0 amide bonds. The van der Waals surface area contributed by atoms with Crippen molar-refractivity contribution in [1.29, 1.82) is 0 Å². The lowest BCUT2D eigenvalue weighted by atomic mass is 10.1. The van der Waals surface area contributed by atoms with E-state index < -0.39 is 11.8 Å². The van der Waals surface area contributed by atoms with Crippen molar-refractivity contribution in [1.82, 2.24) is 4.57 Å². The van der Waals surface area contributed by atoms with Gasteiger partial charge in [0.1, 0.15) is 5.82 Å². The molecule has 3 nitrogen and oxygen atoms in total. The third kappa shape index (κ3) is 1.30. The zero-order valence-corrected chi connectivity index (χ0v) is 9.34. The summed E-state index contributed by atoms with van der Waals surface area (Å²) in [6.07, 6.45) is 0. The second kappa shape index (κ2) is 3.33. The number of aromatic nitrogens is 1. The lowest BCUT2D eigenvalue weighted by molar-refractivity contribution is 0.0696. The summed E-state index contributed by atoms with van der Waals surface area (Å²) >= 11 is 0. The molecule has 0 radical (unpaired) electrons. The second-order valence-electron chi connectivity index (χ2n) is 3.93. The van der Waals surface area contributed by atoms with Gasteiger partial charge in [-0.3, -0.25) is 0 Å². The van der Waals surface area contributed by atoms with E-state index in [1.807, 2.05) is 13.8 Å². The van der Waals surface area contributed by atoms with Crippen molar-refractivity contribution in [2.24, 2.45) is 7.05 Å². The molecule has 0 aliphatic rings. The Labute approximate surface area is 92.1 Å². The summed E-state index contributed by atoms with van der Waals surface area (Å²) in [7, 11) is 1.77. The molecule has 0 bridgehead atoms. The number of rotatable bonds is 1. The summed E-state index contributed by atoms with van der Waals surface area (Å²) in [5.41, 5.74) is 2.30. The van der Waals surface area contributed by atoms with Crippen LogP contribution in [0.4, 0.5) is 4.39 Å². The van der Waals surface area contributed by atoms with Crippen LogP contribution in [0.15, 0.2) is 12.1 Å². The van der Waals surface area contributed by atoms with E-state index in [4.69, 9.17) is 5.11 Å². The first-order chi connectivity index (χ1) is 7.43. The molecule has 0 aliphatic heterocycles. The maximum atomic E-state index is 13.8. The van der Waals surface area contributed by atoms with E-state index in [1.165, 1.54) is 6.07 Å². The number of aromatic carboxylic acids is 1. The van der Waals surface area contributed by atoms with Gasteiger partial charge >= 0.3 is 5.97 Å². The van der Waals surface area contributed by atoms with Gasteiger partial charge in [0.15, 0.2) is 0 Å². The number of halogens is 1. The zero-order chi connectivity index (χ0) is 12.0. The van der Waals surface area contributed by atoms with E-state index in [1.54, 1.807) is 11.6 Å². The topological polar surface area (TPSA) is 42.2 Å². The smallest absolute Gasteiger partial charge is 0.335 e. The number of aryl methyl sites for hydroxylation is 2. The number of hydrogen-bond donors (Lipinski definition) is 1. The molecule has 84 valence electrons. The van der Waals surface area contributed by atoms with Crippen LogP contribution < -0.4 is 0 Å². The molecule has 0 fully saturated rings. The molecule has 2 rings (SSSR count). The standard InChI is InChI=1S/C12H12FNO2/c1-6-7(2)14(3)11-9(6)4-8(12(15)16)5-10(11)13/h4-5H,1-3H3,(H,15,16). The predicted octanol–water partition coefficient (Wildman–Crippen LogP) is 2.63. The van der Waals surface area contributed by atoms with Gasteiger partial charge in [0.2, 0.25) is 0 Å². The first kappa shape index (κ1) is 10.7. The molecular weight excluding hydrogens is 209 g/mol. The molecule has 0 saturated heterocycles. The fraction of sp³-hybridized carbons (Fsp3) is 0.250. The lowest BCUT2D eigenvalue weighted by Crippen LogP contribution is -1.98. The summed E-state index contributed by atoms with van der Waals surface area (Å²) in [5, 5.41) is 9.53. The lowest BCUT2D eigenvalue weighted by Gasteiger charge is -2.01. The molecule has 0 spiro atoms. The van der Waals surface area contributed by atoms with Crippen molar-refractivity contribution in [2.75, 3.05) is 0 Å². The number of nitrogens with zero attached hydrogens (tertiary/aromatic N) is 1. The number of carboxylic acids is 1. The number of carbonyl (C=O) groups is 1. The van der Waals surface area contributed by atoms with E-state index in [2.05, 4.69) is 0 Å².